The number of hydrogen-bond donors (Lipinski definition) is 1. The molecule has 0 saturated carbocycles. The van der Waals surface area contributed by atoms with Crippen LogP contribution in [0.15, 0.2) is 54.1 Å². The first kappa shape index (κ1) is 19.1. The lowest BCUT2D eigenvalue weighted by Gasteiger charge is -2.16. The van der Waals surface area contributed by atoms with Crippen LogP contribution in [0.2, 0.25) is 5.02 Å². The minimum absolute atomic E-state index is 0.0350. The molecule has 1 N–H and O–H groups in total. The molecule has 2 amide bonds. The van der Waals surface area contributed by atoms with Crippen LogP contribution in [0, 0.1) is 5.82 Å². The van der Waals surface area contributed by atoms with Crippen LogP contribution in [0.5, 0.6) is 0 Å². The minimum atomic E-state index is -4.24. The van der Waals surface area contributed by atoms with Crippen molar-refractivity contribution in [1.82, 2.24) is 4.31 Å². The van der Waals surface area contributed by atoms with Gasteiger partial charge in [-0.15, -0.1) is 0 Å². The molecule has 1 aliphatic rings. The molecule has 0 atom stereocenters. The van der Waals surface area contributed by atoms with Gasteiger partial charge in [-0.05, 0) is 36.8 Å². The van der Waals surface area contributed by atoms with Gasteiger partial charge in [0.15, 0.2) is 0 Å². The predicted molar refractivity (Wildman–Crippen MR) is 99.7 cm³/mol. The third kappa shape index (κ3) is 3.58. The Hall–Kier alpha value is -2.71. The molecular formula is C18H14ClFN2O4S. The number of carbonyl (C=O) groups is 2. The molecule has 0 fully saturated rings. The first-order valence-corrected chi connectivity index (χ1v) is 9.62. The van der Waals surface area contributed by atoms with Crippen molar-refractivity contribution in [1.29, 1.82) is 0 Å². The molecule has 0 spiro atoms. The van der Waals surface area contributed by atoms with Crippen LogP contribution in [0.1, 0.15) is 12.5 Å². The van der Waals surface area contributed by atoms with Crippen molar-refractivity contribution < 1.29 is 22.4 Å². The number of rotatable bonds is 4. The average molecular weight is 409 g/mol. The Bertz CT molecular complexity index is 1070. The molecule has 1 aliphatic heterocycles. The standard InChI is InChI=1S/C18H14ClFN2O4S/c1-11-17(12-6-8-13(20)9-7-12)27(25,26)22(18(11)24)10-16(23)21-15-5-3-2-4-14(15)19/h2-9H,10H2,1H3,(H,21,23). The van der Waals surface area contributed by atoms with Crippen molar-refractivity contribution in [2.24, 2.45) is 0 Å². The highest BCUT2D eigenvalue weighted by molar-refractivity contribution is 7.99. The van der Waals surface area contributed by atoms with E-state index >= 15 is 0 Å². The quantitative estimate of drug-likeness (QED) is 0.842. The van der Waals surface area contributed by atoms with E-state index in [0.29, 0.717) is 9.99 Å². The Morgan fingerprint density at radius 3 is 2.41 bits per heavy atom. The maximum Gasteiger partial charge on any atom is 0.268 e. The van der Waals surface area contributed by atoms with E-state index in [1.807, 2.05) is 0 Å². The highest BCUT2D eigenvalue weighted by Gasteiger charge is 2.43. The van der Waals surface area contributed by atoms with E-state index in [2.05, 4.69) is 5.32 Å². The number of hydrogen-bond acceptors (Lipinski definition) is 4. The van der Waals surface area contributed by atoms with E-state index in [-0.39, 0.29) is 21.1 Å². The molecule has 0 saturated heterocycles. The maximum atomic E-state index is 13.1. The number of benzene rings is 2. The zero-order valence-electron chi connectivity index (χ0n) is 14.1. The van der Waals surface area contributed by atoms with Gasteiger partial charge in [-0.1, -0.05) is 35.9 Å². The Balaban J connectivity index is 1.86. The van der Waals surface area contributed by atoms with E-state index in [0.717, 1.165) is 12.1 Å². The van der Waals surface area contributed by atoms with E-state index in [1.54, 1.807) is 24.3 Å². The second-order valence-corrected chi connectivity index (χ2v) is 8.01. The highest BCUT2D eigenvalue weighted by atomic mass is 35.5. The molecule has 0 unspecified atom stereocenters. The van der Waals surface area contributed by atoms with Crippen molar-refractivity contribution >= 4 is 44.0 Å². The van der Waals surface area contributed by atoms with E-state index in [4.69, 9.17) is 11.6 Å². The summed E-state index contributed by atoms with van der Waals surface area (Å²) >= 11 is 5.96. The van der Waals surface area contributed by atoms with Gasteiger partial charge in [-0.2, -0.15) is 0 Å². The fourth-order valence-electron chi connectivity index (χ4n) is 2.70. The van der Waals surface area contributed by atoms with Crippen LogP contribution < -0.4 is 5.32 Å². The molecular weight excluding hydrogens is 395 g/mol. The molecule has 0 aliphatic carbocycles. The SMILES string of the molecule is CC1=C(c2ccc(F)cc2)S(=O)(=O)N(CC(=O)Nc2ccccc2Cl)C1=O. The fraction of sp³-hybridized carbons (Fsp3) is 0.111. The molecule has 6 nitrogen and oxygen atoms in total. The number of para-hydroxylation sites is 1. The summed E-state index contributed by atoms with van der Waals surface area (Å²) in [7, 11) is -4.24. The summed E-state index contributed by atoms with van der Waals surface area (Å²) in [6.45, 7) is 0.652. The van der Waals surface area contributed by atoms with E-state index in [9.17, 15) is 22.4 Å². The fourth-order valence-corrected chi connectivity index (χ4v) is 4.66. The van der Waals surface area contributed by atoms with Gasteiger partial charge in [0.05, 0.1) is 10.7 Å². The van der Waals surface area contributed by atoms with Gasteiger partial charge in [0, 0.05) is 5.57 Å². The summed E-state index contributed by atoms with van der Waals surface area (Å²) in [6, 6.07) is 11.2. The van der Waals surface area contributed by atoms with Crippen LogP contribution in [0.25, 0.3) is 4.91 Å². The maximum absolute atomic E-state index is 13.1. The number of carbonyl (C=O) groups excluding carboxylic acids is 2. The third-order valence-electron chi connectivity index (χ3n) is 3.98. The van der Waals surface area contributed by atoms with Crippen molar-refractivity contribution in [2.75, 3.05) is 11.9 Å². The lowest BCUT2D eigenvalue weighted by Crippen LogP contribution is -2.38. The third-order valence-corrected chi connectivity index (χ3v) is 6.24. The number of nitrogens with zero attached hydrogens (tertiary/aromatic N) is 1. The van der Waals surface area contributed by atoms with Crippen LogP contribution in [0.3, 0.4) is 0 Å². The second-order valence-electron chi connectivity index (χ2n) is 5.81. The van der Waals surface area contributed by atoms with Gasteiger partial charge < -0.3 is 5.32 Å². The molecule has 3 rings (SSSR count). The smallest absolute Gasteiger partial charge is 0.268 e. The van der Waals surface area contributed by atoms with Crippen molar-refractivity contribution in [3.8, 4) is 0 Å². The summed E-state index contributed by atoms with van der Waals surface area (Å²) in [6.07, 6.45) is 0. The highest BCUT2D eigenvalue weighted by Crippen LogP contribution is 2.35. The van der Waals surface area contributed by atoms with Crippen LogP contribution in [0.4, 0.5) is 10.1 Å². The van der Waals surface area contributed by atoms with Crippen LogP contribution in [-0.2, 0) is 19.6 Å². The first-order chi connectivity index (χ1) is 12.7. The molecule has 2 aromatic rings. The van der Waals surface area contributed by atoms with E-state index in [1.165, 1.54) is 19.1 Å². The summed E-state index contributed by atoms with van der Waals surface area (Å²) in [5, 5.41) is 2.76. The number of sulfonamides is 1. The largest absolute Gasteiger partial charge is 0.323 e. The van der Waals surface area contributed by atoms with Gasteiger partial charge in [0.2, 0.25) is 5.91 Å². The normalized spacial score (nSPS) is 16.0. The summed E-state index contributed by atoms with van der Waals surface area (Å²) in [5.41, 5.74) is 0.445. The lowest BCUT2D eigenvalue weighted by atomic mass is 10.1. The second kappa shape index (κ2) is 7.13. The molecule has 2 aromatic carbocycles. The summed E-state index contributed by atoms with van der Waals surface area (Å²) in [4.78, 5) is 24.4. The summed E-state index contributed by atoms with van der Waals surface area (Å²) in [5.74, 6) is -2.05. The molecule has 0 radical (unpaired) electrons. The molecule has 0 aromatic heterocycles. The van der Waals surface area contributed by atoms with Gasteiger partial charge in [0.25, 0.3) is 15.9 Å². The van der Waals surface area contributed by atoms with Gasteiger partial charge >= 0.3 is 0 Å². The molecule has 9 heteroatoms. The van der Waals surface area contributed by atoms with Crippen LogP contribution >= 0.6 is 11.6 Å². The van der Waals surface area contributed by atoms with Gasteiger partial charge in [-0.25, -0.2) is 17.1 Å². The van der Waals surface area contributed by atoms with Gasteiger partial charge in [-0.3, -0.25) is 9.59 Å². The van der Waals surface area contributed by atoms with Crippen molar-refractivity contribution in [2.45, 2.75) is 6.92 Å². The topological polar surface area (TPSA) is 83.6 Å². The zero-order valence-corrected chi connectivity index (χ0v) is 15.6. The molecule has 1 heterocycles. The Labute approximate surface area is 160 Å². The Morgan fingerprint density at radius 2 is 1.78 bits per heavy atom. The lowest BCUT2D eigenvalue weighted by molar-refractivity contribution is -0.126. The number of anilines is 1. The first-order valence-electron chi connectivity index (χ1n) is 7.80. The Kier molecular flexibility index (Phi) is 5.03. The monoisotopic (exact) mass is 408 g/mol. The Morgan fingerprint density at radius 1 is 1.15 bits per heavy atom. The van der Waals surface area contributed by atoms with Crippen molar-refractivity contribution in [3.63, 3.8) is 0 Å². The van der Waals surface area contributed by atoms with E-state index < -0.39 is 34.2 Å². The van der Waals surface area contributed by atoms with Crippen LogP contribution in [-0.4, -0.2) is 31.1 Å². The predicted octanol–water partition coefficient (Wildman–Crippen LogP) is 3.02. The number of halogens is 2. The number of amides is 2. The molecule has 0 bridgehead atoms. The summed E-state index contributed by atoms with van der Waals surface area (Å²) < 4.78 is 39.2. The van der Waals surface area contributed by atoms with Gasteiger partial charge in [0.1, 0.15) is 17.3 Å². The van der Waals surface area contributed by atoms with Crippen molar-refractivity contribution in [3.05, 3.63) is 70.5 Å². The molecule has 140 valence electrons. The number of nitrogens with one attached hydrogen (secondary N) is 1. The molecule has 27 heavy (non-hydrogen) atoms. The minimum Gasteiger partial charge on any atom is -0.323 e. The zero-order chi connectivity index (χ0) is 19.8. The average Bonchev–Trinajstić information content (AvgIpc) is 2.78.